The second kappa shape index (κ2) is 5.69. The average molecular weight is 144 g/mol. The van der Waals surface area contributed by atoms with Gasteiger partial charge in [0, 0.05) is 19.1 Å². The first kappa shape index (κ1) is 9.92. The number of hydrogen-bond donors (Lipinski definition) is 1. The van der Waals surface area contributed by atoms with Crippen LogP contribution in [0.4, 0.5) is 0 Å². The molecule has 0 radical (unpaired) electrons. The highest BCUT2D eigenvalue weighted by molar-refractivity contribution is 4.64. The fraction of sp³-hybridized carbons (Fsp3) is 1.00. The van der Waals surface area contributed by atoms with E-state index >= 15 is 0 Å². The molecule has 0 atom stereocenters. The van der Waals surface area contributed by atoms with Crippen molar-refractivity contribution in [2.24, 2.45) is 5.73 Å². The van der Waals surface area contributed by atoms with Gasteiger partial charge in [-0.05, 0) is 19.9 Å². The van der Waals surface area contributed by atoms with Gasteiger partial charge in [0.05, 0.1) is 0 Å². The molecule has 0 bridgehead atoms. The molecule has 2 N–H and O–H groups in total. The highest BCUT2D eigenvalue weighted by atomic mass is 15.1. The molecule has 0 amide bonds. The molecule has 62 valence electrons. The molecule has 0 aliphatic heterocycles. The number of rotatable bonds is 5. The highest BCUT2D eigenvalue weighted by Crippen LogP contribution is 2.03. The highest BCUT2D eigenvalue weighted by Gasteiger charge is 2.07. The summed E-state index contributed by atoms with van der Waals surface area (Å²) in [4.78, 5) is 2.33. The first-order valence-electron chi connectivity index (χ1n) is 4.16. The van der Waals surface area contributed by atoms with Crippen LogP contribution in [-0.4, -0.2) is 31.1 Å². The molecule has 0 saturated carbocycles. The molecule has 2 nitrogen and oxygen atoms in total. The second-order valence-corrected chi connectivity index (χ2v) is 2.74. The van der Waals surface area contributed by atoms with Gasteiger partial charge in [0.25, 0.3) is 0 Å². The Morgan fingerprint density at radius 2 is 1.80 bits per heavy atom. The quantitative estimate of drug-likeness (QED) is 0.625. The first-order chi connectivity index (χ1) is 4.76. The predicted molar refractivity (Wildman–Crippen MR) is 46.1 cm³/mol. The molecule has 2 heteroatoms. The molecule has 0 spiro atoms. The Kier molecular flexibility index (Phi) is 5.64. The van der Waals surface area contributed by atoms with E-state index in [1.165, 1.54) is 12.8 Å². The topological polar surface area (TPSA) is 29.3 Å². The third-order valence-electron chi connectivity index (χ3n) is 2.05. The molecule has 0 aromatic rings. The van der Waals surface area contributed by atoms with Gasteiger partial charge in [-0.1, -0.05) is 13.8 Å². The molecule has 0 aliphatic rings. The van der Waals surface area contributed by atoms with E-state index in [1.807, 2.05) is 0 Å². The SMILES string of the molecule is CCC(CC)N(C)CCN. The van der Waals surface area contributed by atoms with Crippen molar-refractivity contribution in [2.75, 3.05) is 20.1 Å². The van der Waals surface area contributed by atoms with Crippen LogP contribution in [0.2, 0.25) is 0 Å². The van der Waals surface area contributed by atoms with Crippen molar-refractivity contribution < 1.29 is 0 Å². The minimum absolute atomic E-state index is 0.726. The van der Waals surface area contributed by atoms with Crippen LogP contribution < -0.4 is 5.73 Å². The van der Waals surface area contributed by atoms with Gasteiger partial charge in [0.15, 0.2) is 0 Å². The molecule has 0 rings (SSSR count). The third kappa shape index (κ3) is 3.18. The minimum atomic E-state index is 0.726. The predicted octanol–water partition coefficient (Wildman–Crippen LogP) is 1.07. The van der Waals surface area contributed by atoms with Crippen molar-refractivity contribution in [3.05, 3.63) is 0 Å². The molecule has 0 fully saturated rings. The lowest BCUT2D eigenvalue weighted by Gasteiger charge is -2.25. The summed E-state index contributed by atoms with van der Waals surface area (Å²) < 4.78 is 0. The Labute approximate surface area is 64.4 Å². The molecule has 0 aromatic heterocycles. The van der Waals surface area contributed by atoms with Crippen LogP contribution in [0, 0.1) is 0 Å². The van der Waals surface area contributed by atoms with Crippen molar-refractivity contribution in [3.8, 4) is 0 Å². The van der Waals surface area contributed by atoms with Gasteiger partial charge in [-0.2, -0.15) is 0 Å². The van der Waals surface area contributed by atoms with E-state index in [4.69, 9.17) is 5.73 Å². The maximum Gasteiger partial charge on any atom is 0.0104 e. The zero-order chi connectivity index (χ0) is 7.98. The minimum Gasteiger partial charge on any atom is -0.329 e. The molecule has 0 aromatic carbocycles. The van der Waals surface area contributed by atoms with E-state index in [2.05, 4.69) is 25.8 Å². The van der Waals surface area contributed by atoms with Crippen LogP contribution in [-0.2, 0) is 0 Å². The lowest BCUT2D eigenvalue weighted by molar-refractivity contribution is 0.236. The van der Waals surface area contributed by atoms with Gasteiger partial charge < -0.3 is 10.6 Å². The summed E-state index contributed by atoms with van der Waals surface area (Å²) in [7, 11) is 2.14. The zero-order valence-electron chi connectivity index (χ0n) is 7.43. The Bertz CT molecular complexity index is 69.7. The Morgan fingerprint density at radius 3 is 2.10 bits per heavy atom. The van der Waals surface area contributed by atoms with Gasteiger partial charge >= 0.3 is 0 Å². The molecule has 0 saturated heterocycles. The first-order valence-corrected chi connectivity index (χ1v) is 4.16. The van der Waals surface area contributed by atoms with Crippen LogP contribution in [0.25, 0.3) is 0 Å². The summed E-state index contributed by atoms with van der Waals surface area (Å²) >= 11 is 0. The lowest BCUT2D eigenvalue weighted by atomic mass is 10.1. The number of nitrogens with two attached hydrogens (primary N) is 1. The monoisotopic (exact) mass is 144 g/mol. The van der Waals surface area contributed by atoms with E-state index in [1.54, 1.807) is 0 Å². The summed E-state index contributed by atoms with van der Waals surface area (Å²) in [6, 6.07) is 0.726. The number of nitrogens with zero attached hydrogens (tertiary/aromatic N) is 1. The van der Waals surface area contributed by atoms with Crippen molar-refractivity contribution in [1.29, 1.82) is 0 Å². The van der Waals surface area contributed by atoms with Crippen LogP contribution in [0.3, 0.4) is 0 Å². The van der Waals surface area contributed by atoms with Crippen molar-refractivity contribution in [1.82, 2.24) is 4.90 Å². The van der Waals surface area contributed by atoms with Crippen LogP contribution in [0.1, 0.15) is 26.7 Å². The Hall–Kier alpha value is -0.0800. The van der Waals surface area contributed by atoms with Gasteiger partial charge in [0.1, 0.15) is 0 Å². The summed E-state index contributed by atoms with van der Waals surface area (Å²) in [5.74, 6) is 0. The van der Waals surface area contributed by atoms with Crippen molar-refractivity contribution in [3.63, 3.8) is 0 Å². The average Bonchev–Trinajstić information content (AvgIpc) is 1.91. The van der Waals surface area contributed by atoms with Crippen LogP contribution >= 0.6 is 0 Å². The summed E-state index contributed by atoms with van der Waals surface area (Å²) in [5.41, 5.74) is 5.43. The standard InChI is InChI=1S/C8H20N2/c1-4-8(5-2)10(3)7-6-9/h8H,4-7,9H2,1-3H3. The van der Waals surface area contributed by atoms with Crippen molar-refractivity contribution >= 4 is 0 Å². The Morgan fingerprint density at radius 1 is 1.30 bits per heavy atom. The molecular weight excluding hydrogens is 124 g/mol. The Balaban J connectivity index is 3.53. The van der Waals surface area contributed by atoms with E-state index in [-0.39, 0.29) is 0 Å². The van der Waals surface area contributed by atoms with Crippen LogP contribution in [0.15, 0.2) is 0 Å². The zero-order valence-corrected chi connectivity index (χ0v) is 7.43. The van der Waals surface area contributed by atoms with E-state index in [9.17, 15) is 0 Å². The van der Waals surface area contributed by atoms with E-state index in [0.717, 1.165) is 19.1 Å². The third-order valence-corrected chi connectivity index (χ3v) is 2.05. The second-order valence-electron chi connectivity index (χ2n) is 2.74. The normalized spacial score (nSPS) is 11.4. The van der Waals surface area contributed by atoms with Gasteiger partial charge in [-0.25, -0.2) is 0 Å². The van der Waals surface area contributed by atoms with E-state index < -0.39 is 0 Å². The summed E-state index contributed by atoms with van der Waals surface area (Å²) in [6.07, 6.45) is 2.46. The summed E-state index contributed by atoms with van der Waals surface area (Å²) in [5, 5.41) is 0. The van der Waals surface area contributed by atoms with Gasteiger partial charge in [-0.3, -0.25) is 0 Å². The maximum absolute atomic E-state index is 5.43. The smallest absolute Gasteiger partial charge is 0.0104 e. The lowest BCUT2D eigenvalue weighted by Crippen LogP contribution is -2.34. The van der Waals surface area contributed by atoms with Crippen LogP contribution in [0.5, 0.6) is 0 Å². The number of hydrogen-bond acceptors (Lipinski definition) is 2. The molecule has 0 aliphatic carbocycles. The van der Waals surface area contributed by atoms with E-state index in [0.29, 0.717) is 0 Å². The molecule has 10 heavy (non-hydrogen) atoms. The van der Waals surface area contributed by atoms with Crippen molar-refractivity contribution in [2.45, 2.75) is 32.7 Å². The molecule has 0 heterocycles. The molecule has 0 unspecified atom stereocenters. The fourth-order valence-electron chi connectivity index (χ4n) is 1.30. The maximum atomic E-state index is 5.43. The summed E-state index contributed by atoms with van der Waals surface area (Å²) in [6.45, 7) is 6.24. The fourth-order valence-corrected chi connectivity index (χ4v) is 1.30. The largest absolute Gasteiger partial charge is 0.329 e. The van der Waals surface area contributed by atoms with Gasteiger partial charge in [0.2, 0.25) is 0 Å². The van der Waals surface area contributed by atoms with Gasteiger partial charge in [-0.15, -0.1) is 0 Å². The molecular formula is C8H20N2. The number of likely N-dealkylation sites (N-methyl/N-ethyl adjacent to an activating group) is 1.